The highest BCUT2D eigenvalue weighted by atomic mass is 16.6. The third-order valence-corrected chi connectivity index (χ3v) is 1.90. The third kappa shape index (κ3) is 5.52. The fourth-order valence-electron chi connectivity index (χ4n) is 1.09. The predicted molar refractivity (Wildman–Crippen MR) is 56.5 cm³/mol. The quantitative estimate of drug-likeness (QED) is 0.634. The van der Waals surface area contributed by atoms with Crippen molar-refractivity contribution in [2.45, 2.75) is 59.4 Å². The van der Waals surface area contributed by atoms with Crippen LogP contribution in [0.5, 0.6) is 0 Å². The molecule has 2 atom stereocenters. The normalized spacial score (nSPS) is 14.8. The first-order chi connectivity index (χ1) is 6.88. The van der Waals surface area contributed by atoms with Crippen LogP contribution in [-0.4, -0.2) is 30.1 Å². The van der Waals surface area contributed by atoms with Gasteiger partial charge in [0.2, 0.25) is 0 Å². The third-order valence-electron chi connectivity index (χ3n) is 1.90. The van der Waals surface area contributed by atoms with Gasteiger partial charge in [0, 0.05) is 6.42 Å². The molecule has 0 aliphatic rings. The molecule has 2 unspecified atom stereocenters. The molecular formula is C11H20O4. The summed E-state index contributed by atoms with van der Waals surface area (Å²) in [7, 11) is 0. The van der Waals surface area contributed by atoms with Crippen molar-refractivity contribution in [1.29, 1.82) is 0 Å². The van der Waals surface area contributed by atoms with Crippen LogP contribution in [0.1, 0.15) is 41.0 Å². The maximum Gasteiger partial charge on any atom is 0.335 e. The lowest BCUT2D eigenvalue weighted by molar-refractivity contribution is -0.166. The molecule has 0 rings (SSSR count). The molecule has 0 radical (unpaired) electrons. The largest absolute Gasteiger partial charge is 0.453 e. The van der Waals surface area contributed by atoms with Crippen LogP contribution in [0.3, 0.4) is 0 Å². The summed E-state index contributed by atoms with van der Waals surface area (Å²) < 4.78 is 10.2. The van der Waals surface area contributed by atoms with Gasteiger partial charge in [-0.05, 0) is 27.7 Å². The highest BCUT2D eigenvalue weighted by molar-refractivity contribution is 5.85. The summed E-state index contributed by atoms with van der Waals surface area (Å²) in [4.78, 5) is 22.6. The molecule has 0 saturated carbocycles. The van der Waals surface area contributed by atoms with Gasteiger partial charge in [-0.3, -0.25) is 4.79 Å². The summed E-state index contributed by atoms with van der Waals surface area (Å²) in [6.45, 7) is 8.60. The Labute approximate surface area is 90.9 Å². The summed E-state index contributed by atoms with van der Waals surface area (Å²) in [5.74, 6) is -0.571. The van der Waals surface area contributed by atoms with Gasteiger partial charge in [-0.1, -0.05) is 6.92 Å². The Kier molecular flexibility index (Phi) is 6.17. The van der Waals surface area contributed by atoms with E-state index in [0.29, 0.717) is 6.42 Å². The van der Waals surface area contributed by atoms with Gasteiger partial charge in [-0.25, -0.2) is 4.79 Å². The number of hydrogen-bond acceptors (Lipinski definition) is 4. The molecule has 0 heterocycles. The van der Waals surface area contributed by atoms with E-state index >= 15 is 0 Å². The average Bonchev–Trinajstić information content (AvgIpc) is 2.15. The highest BCUT2D eigenvalue weighted by Gasteiger charge is 2.21. The number of rotatable bonds is 6. The minimum absolute atomic E-state index is 0.0373. The number of Topliss-reactive ketones (excluding diaryl/α,β-unsaturated/α-hetero) is 1. The molecule has 0 aliphatic heterocycles. The van der Waals surface area contributed by atoms with E-state index in [2.05, 4.69) is 0 Å². The maximum absolute atomic E-state index is 11.4. The molecule has 4 heteroatoms. The molecule has 0 saturated heterocycles. The number of ether oxygens (including phenoxy) is 2. The van der Waals surface area contributed by atoms with Crippen LogP contribution in [0.2, 0.25) is 0 Å². The predicted octanol–water partition coefficient (Wildman–Crippen LogP) is 1.71. The van der Waals surface area contributed by atoms with Crippen LogP contribution in [0.15, 0.2) is 0 Å². The van der Waals surface area contributed by atoms with Crippen LogP contribution in [0, 0.1) is 0 Å². The zero-order valence-electron chi connectivity index (χ0n) is 10.1. The van der Waals surface area contributed by atoms with Crippen LogP contribution < -0.4 is 0 Å². The molecule has 4 nitrogen and oxygen atoms in total. The fourth-order valence-corrected chi connectivity index (χ4v) is 1.09. The molecule has 0 amide bonds. The van der Waals surface area contributed by atoms with Crippen molar-refractivity contribution in [3.8, 4) is 0 Å². The van der Waals surface area contributed by atoms with Gasteiger partial charge in [0.15, 0.2) is 18.0 Å². The van der Waals surface area contributed by atoms with Crippen molar-refractivity contribution in [2.75, 3.05) is 0 Å². The van der Waals surface area contributed by atoms with Gasteiger partial charge >= 0.3 is 5.97 Å². The van der Waals surface area contributed by atoms with E-state index in [1.165, 1.54) is 0 Å². The second-order valence-corrected chi connectivity index (χ2v) is 3.73. The van der Waals surface area contributed by atoms with Gasteiger partial charge in [0.25, 0.3) is 0 Å². The SMILES string of the molecule is CCC(=O)C(C)OC(=O)C(C)OC(C)C. The Morgan fingerprint density at radius 2 is 1.60 bits per heavy atom. The van der Waals surface area contributed by atoms with Crippen molar-refractivity contribution < 1.29 is 19.1 Å². The van der Waals surface area contributed by atoms with Crippen LogP contribution in [0.25, 0.3) is 0 Å². The summed E-state index contributed by atoms with van der Waals surface area (Å²) in [5.41, 5.74) is 0. The Morgan fingerprint density at radius 3 is 2.00 bits per heavy atom. The Hall–Kier alpha value is -0.900. The first-order valence-electron chi connectivity index (χ1n) is 5.27. The molecule has 0 aromatic carbocycles. The number of carbonyl (C=O) groups is 2. The van der Waals surface area contributed by atoms with E-state index < -0.39 is 18.2 Å². The second-order valence-electron chi connectivity index (χ2n) is 3.73. The molecule has 0 bridgehead atoms. The monoisotopic (exact) mass is 216 g/mol. The number of esters is 1. The van der Waals surface area contributed by atoms with E-state index in [-0.39, 0.29) is 11.9 Å². The lowest BCUT2D eigenvalue weighted by atomic mass is 10.2. The minimum Gasteiger partial charge on any atom is -0.453 e. The Morgan fingerprint density at radius 1 is 1.07 bits per heavy atom. The van der Waals surface area contributed by atoms with Gasteiger partial charge in [-0.15, -0.1) is 0 Å². The van der Waals surface area contributed by atoms with E-state index in [1.807, 2.05) is 13.8 Å². The van der Waals surface area contributed by atoms with E-state index in [9.17, 15) is 9.59 Å². The number of hydrogen-bond donors (Lipinski definition) is 0. The zero-order valence-corrected chi connectivity index (χ0v) is 10.1. The van der Waals surface area contributed by atoms with E-state index in [4.69, 9.17) is 9.47 Å². The van der Waals surface area contributed by atoms with Crippen LogP contribution in [0.4, 0.5) is 0 Å². The topological polar surface area (TPSA) is 52.6 Å². The summed E-state index contributed by atoms with van der Waals surface area (Å²) >= 11 is 0. The van der Waals surface area contributed by atoms with E-state index in [1.54, 1.807) is 20.8 Å². The zero-order chi connectivity index (χ0) is 12.0. The lowest BCUT2D eigenvalue weighted by Gasteiger charge is -2.17. The number of ketones is 1. The van der Waals surface area contributed by atoms with Crippen molar-refractivity contribution in [2.24, 2.45) is 0 Å². The molecule has 0 aliphatic carbocycles. The fraction of sp³-hybridized carbons (Fsp3) is 0.818. The van der Waals surface area contributed by atoms with Gasteiger partial charge in [-0.2, -0.15) is 0 Å². The smallest absolute Gasteiger partial charge is 0.335 e. The minimum atomic E-state index is -0.680. The lowest BCUT2D eigenvalue weighted by Crippen LogP contribution is -2.32. The molecule has 15 heavy (non-hydrogen) atoms. The van der Waals surface area contributed by atoms with Crippen molar-refractivity contribution in [3.63, 3.8) is 0 Å². The van der Waals surface area contributed by atoms with Gasteiger partial charge in [0.1, 0.15) is 0 Å². The molecule has 0 aromatic rings. The van der Waals surface area contributed by atoms with Crippen molar-refractivity contribution in [3.05, 3.63) is 0 Å². The number of carbonyl (C=O) groups excluding carboxylic acids is 2. The first kappa shape index (κ1) is 14.1. The first-order valence-corrected chi connectivity index (χ1v) is 5.27. The van der Waals surface area contributed by atoms with Crippen molar-refractivity contribution >= 4 is 11.8 Å². The molecule has 0 fully saturated rings. The molecule has 0 N–H and O–H groups in total. The summed E-state index contributed by atoms with van der Waals surface area (Å²) in [6, 6.07) is 0. The van der Waals surface area contributed by atoms with Crippen LogP contribution in [-0.2, 0) is 19.1 Å². The van der Waals surface area contributed by atoms with Gasteiger partial charge in [0.05, 0.1) is 6.10 Å². The molecular weight excluding hydrogens is 196 g/mol. The Bertz CT molecular complexity index is 223. The average molecular weight is 216 g/mol. The molecule has 0 spiro atoms. The second kappa shape index (κ2) is 6.56. The van der Waals surface area contributed by atoms with Gasteiger partial charge < -0.3 is 9.47 Å². The molecule has 0 aromatic heterocycles. The van der Waals surface area contributed by atoms with Crippen molar-refractivity contribution in [1.82, 2.24) is 0 Å². The standard InChI is InChI=1S/C11H20O4/c1-6-10(12)8(4)15-11(13)9(5)14-7(2)3/h7-9H,6H2,1-5H3. The Balaban J connectivity index is 4.07. The summed E-state index contributed by atoms with van der Waals surface area (Å²) in [5, 5.41) is 0. The van der Waals surface area contributed by atoms with Crippen LogP contribution >= 0.6 is 0 Å². The highest BCUT2D eigenvalue weighted by Crippen LogP contribution is 2.04. The molecule has 88 valence electrons. The van der Waals surface area contributed by atoms with E-state index in [0.717, 1.165) is 0 Å². The summed E-state index contributed by atoms with van der Waals surface area (Å²) in [6.07, 6.45) is -0.976. The maximum atomic E-state index is 11.4.